The van der Waals surface area contributed by atoms with E-state index < -0.39 is 0 Å². The molecule has 0 unspecified atom stereocenters. The monoisotopic (exact) mass is 344 g/mol. The molecule has 2 aliphatic heterocycles. The Labute approximate surface area is 154 Å². The van der Waals surface area contributed by atoms with Crippen molar-refractivity contribution in [1.82, 2.24) is 9.80 Å². The van der Waals surface area contributed by atoms with Gasteiger partial charge < -0.3 is 9.64 Å². The molecule has 0 spiro atoms. The van der Waals surface area contributed by atoms with Crippen molar-refractivity contribution in [2.24, 2.45) is 0 Å². The summed E-state index contributed by atoms with van der Waals surface area (Å²) in [4.78, 5) is 5.43. The highest BCUT2D eigenvalue weighted by molar-refractivity contribution is 5.22. The van der Waals surface area contributed by atoms with Crippen LogP contribution in [0.15, 0.2) is 24.3 Å². The molecule has 3 rings (SSSR count). The van der Waals surface area contributed by atoms with Crippen LogP contribution in [0, 0.1) is 6.92 Å². The van der Waals surface area contributed by atoms with Gasteiger partial charge in [0.15, 0.2) is 0 Å². The van der Waals surface area contributed by atoms with Gasteiger partial charge in [-0.2, -0.15) is 0 Å². The van der Waals surface area contributed by atoms with Gasteiger partial charge in [-0.1, -0.05) is 29.8 Å². The summed E-state index contributed by atoms with van der Waals surface area (Å²) >= 11 is 0. The van der Waals surface area contributed by atoms with Crippen LogP contribution in [0.3, 0.4) is 0 Å². The molecule has 0 N–H and O–H groups in total. The lowest BCUT2D eigenvalue weighted by atomic mass is 9.89. The molecule has 1 aromatic carbocycles. The van der Waals surface area contributed by atoms with Crippen LogP contribution < -0.4 is 0 Å². The summed E-state index contributed by atoms with van der Waals surface area (Å²) in [7, 11) is 1.90. The van der Waals surface area contributed by atoms with E-state index in [0.29, 0.717) is 18.2 Å². The van der Waals surface area contributed by atoms with Crippen LogP contribution in [0.5, 0.6) is 0 Å². The first-order valence-corrected chi connectivity index (χ1v) is 10.2. The predicted octanol–water partition coefficient (Wildman–Crippen LogP) is 3.89. The molecule has 3 heteroatoms. The Morgan fingerprint density at radius 1 is 1.04 bits per heavy atom. The molecule has 2 saturated heterocycles. The van der Waals surface area contributed by atoms with E-state index in [-0.39, 0.29) is 0 Å². The molecule has 25 heavy (non-hydrogen) atoms. The first kappa shape index (κ1) is 18.9. The molecule has 140 valence electrons. The average Bonchev–Trinajstić information content (AvgIpc) is 2.64. The van der Waals surface area contributed by atoms with Crippen LogP contribution in [0.25, 0.3) is 0 Å². The molecule has 2 aliphatic rings. The summed E-state index contributed by atoms with van der Waals surface area (Å²) in [5.74, 6) is 0. The molecule has 0 radical (unpaired) electrons. The van der Waals surface area contributed by atoms with Gasteiger partial charge in [0.1, 0.15) is 0 Å². The molecule has 0 bridgehead atoms. The molecule has 0 amide bonds. The Bertz CT molecular complexity index is 519. The van der Waals surface area contributed by atoms with Crippen LogP contribution in [0.1, 0.15) is 50.7 Å². The van der Waals surface area contributed by atoms with E-state index in [9.17, 15) is 0 Å². The van der Waals surface area contributed by atoms with E-state index in [4.69, 9.17) is 4.74 Å². The second kappa shape index (κ2) is 8.66. The van der Waals surface area contributed by atoms with Crippen LogP contribution in [0.2, 0.25) is 0 Å². The second-order valence-electron chi connectivity index (χ2n) is 8.27. The number of hydrogen-bond donors (Lipinski definition) is 0. The van der Waals surface area contributed by atoms with Gasteiger partial charge in [0.2, 0.25) is 0 Å². The van der Waals surface area contributed by atoms with Crippen LogP contribution in [-0.4, -0.2) is 60.8 Å². The fourth-order valence-corrected chi connectivity index (χ4v) is 4.72. The van der Waals surface area contributed by atoms with E-state index in [2.05, 4.69) is 54.8 Å². The van der Waals surface area contributed by atoms with Gasteiger partial charge in [-0.25, -0.2) is 0 Å². The number of hydrogen-bond acceptors (Lipinski definition) is 3. The van der Waals surface area contributed by atoms with Crippen LogP contribution in [0.4, 0.5) is 0 Å². The van der Waals surface area contributed by atoms with E-state index >= 15 is 0 Å². The van der Waals surface area contributed by atoms with Crippen molar-refractivity contribution in [3.05, 3.63) is 35.4 Å². The van der Waals surface area contributed by atoms with Crippen molar-refractivity contribution in [3.8, 4) is 0 Å². The topological polar surface area (TPSA) is 15.7 Å². The van der Waals surface area contributed by atoms with E-state index in [1.54, 1.807) is 0 Å². The number of aryl methyl sites for hydroxylation is 1. The molecule has 2 heterocycles. The summed E-state index contributed by atoms with van der Waals surface area (Å²) < 4.78 is 5.93. The SMILES string of the molecule is CO[C@H]1CCCN(C2CCN(C(C)C)CC2)[C@H]1Cc1ccc(C)cc1. The number of nitrogens with zero attached hydrogens (tertiary/aromatic N) is 2. The zero-order valence-corrected chi connectivity index (χ0v) is 16.6. The Morgan fingerprint density at radius 2 is 1.72 bits per heavy atom. The highest BCUT2D eigenvalue weighted by Gasteiger charge is 2.37. The van der Waals surface area contributed by atoms with Crippen LogP contribution in [-0.2, 0) is 11.2 Å². The third-order valence-corrected chi connectivity index (χ3v) is 6.33. The molecule has 1 aromatic rings. The van der Waals surface area contributed by atoms with Gasteiger partial charge in [0.05, 0.1) is 6.10 Å². The van der Waals surface area contributed by atoms with Crippen molar-refractivity contribution in [1.29, 1.82) is 0 Å². The Morgan fingerprint density at radius 3 is 2.32 bits per heavy atom. The number of benzene rings is 1. The molecule has 0 saturated carbocycles. The number of piperidine rings is 2. The highest BCUT2D eigenvalue weighted by atomic mass is 16.5. The summed E-state index contributed by atoms with van der Waals surface area (Å²) in [6, 6.07) is 11.0. The normalized spacial score (nSPS) is 27.1. The van der Waals surface area contributed by atoms with Gasteiger partial charge in [-0.3, -0.25) is 4.90 Å². The van der Waals surface area contributed by atoms with Crippen molar-refractivity contribution in [2.75, 3.05) is 26.7 Å². The first-order valence-electron chi connectivity index (χ1n) is 10.2. The summed E-state index contributed by atoms with van der Waals surface area (Å²) in [5, 5.41) is 0. The van der Waals surface area contributed by atoms with Gasteiger partial charge in [0, 0.05) is 25.2 Å². The highest BCUT2D eigenvalue weighted by Crippen LogP contribution is 2.29. The fraction of sp³-hybridized carbons (Fsp3) is 0.727. The Balaban J connectivity index is 1.70. The van der Waals surface area contributed by atoms with Crippen LogP contribution >= 0.6 is 0 Å². The van der Waals surface area contributed by atoms with E-state index in [1.807, 2.05) is 7.11 Å². The van der Waals surface area contributed by atoms with Gasteiger partial charge in [-0.15, -0.1) is 0 Å². The van der Waals surface area contributed by atoms with Crippen molar-refractivity contribution in [3.63, 3.8) is 0 Å². The van der Waals surface area contributed by atoms with E-state index in [1.165, 1.54) is 56.4 Å². The summed E-state index contributed by atoms with van der Waals surface area (Å²) in [6.45, 7) is 10.5. The minimum Gasteiger partial charge on any atom is -0.380 e. The third-order valence-electron chi connectivity index (χ3n) is 6.33. The predicted molar refractivity (Wildman–Crippen MR) is 105 cm³/mol. The van der Waals surface area contributed by atoms with Crippen molar-refractivity contribution in [2.45, 2.75) is 77.1 Å². The summed E-state index contributed by atoms with van der Waals surface area (Å²) in [5.41, 5.74) is 2.79. The fourth-order valence-electron chi connectivity index (χ4n) is 4.72. The Hall–Kier alpha value is -0.900. The Kier molecular flexibility index (Phi) is 6.54. The molecular weight excluding hydrogens is 308 g/mol. The molecule has 0 aliphatic carbocycles. The minimum atomic E-state index is 0.373. The van der Waals surface area contributed by atoms with Gasteiger partial charge in [-0.05, 0) is 78.1 Å². The second-order valence-corrected chi connectivity index (χ2v) is 8.27. The lowest BCUT2D eigenvalue weighted by Gasteiger charge is -2.48. The number of likely N-dealkylation sites (tertiary alicyclic amines) is 2. The summed E-state index contributed by atoms with van der Waals surface area (Å²) in [6.07, 6.45) is 6.57. The number of methoxy groups -OCH3 is 1. The van der Waals surface area contributed by atoms with Crippen molar-refractivity contribution >= 4 is 0 Å². The number of rotatable bonds is 5. The van der Waals surface area contributed by atoms with E-state index in [0.717, 1.165) is 12.5 Å². The lowest BCUT2D eigenvalue weighted by Crippen LogP contribution is -2.57. The van der Waals surface area contributed by atoms with Crippen molar-refractivity contribution < 1.29 is 4.74 Å². The smallest absolute Gasteiger partial charge is 0.0730 e. The molecular formula is C22H36N2O. The molecule has 3 nitrogen and oxygen atoms in total. The standard InChI is InChI=1S/C22H36N2O/c1-17(2)23-14-11-20(12-15-23)24-13-5-6-22(25-4)21(24)16-19-9-7-18(3)8-10-19/h7-10,17,20-22H,5-6,11-16H2,1-4H3/t21-,22-/m0/s1. The van der Waals surface area contributed by atoms with Gasteiger partial charge in [0.25, 0.3) is 0 Å². The van der Waals surface area contributed by atoms with Gasteiger partial charge >= 0.3 is 0 Å². The maximum Gasteiger partial charge on any atom is 0.0730 e. The maximum absolute atomic E-state index is 5.93. The average molecular weight is 345 g/mol. The lowest BCUT2D eigenvalue weighted by molar-refractivity contribution is -0.0482. The maximum atomic E-state index is 5.93. The molecule has 2 fully saturated rings. The first-order chi connectivity index (χ1) is 12.1. The zero-order valence-electron chi connectivity index (χ0n) is 16.6. The largest absolute Gasteiger partial charge is 0.380 e. The zero-order chi connectivity index (χ0) is 17.8. The minimum absolute atomic E-state index is 0.373. The molecule has 2 atom stereocenters. The quantitative estimate of drug-likeness (QED) is 0.806. The third kappa shape index (κ3) is 4.64. The number of ether oxygens (including phenoxy) is 1. The molecule has 0 aromatic heterocycles.